The van der Waals surface area contributed by atoms with Gasteiger partial charge in [-0.15, -0.1) is 0 Å². The molecule has 1 aliphatic rings. The summed E-state index contributed by atoms with van der Waals surface area (Å²) in [4.78, 5) is 27.4. The molecule has 6 heteroatoms. The first-order valence-electron chi connectivity index (χ1n) is 9.88. The summed E-state index contributed by atoms with van der Waals surface area (Å²) in [6, 6.07) is 12.2. The average molecular weight is 409 g/mol. The van der Waals surface area contributed by atoms with Crippen LogP contribution in [-0.2, 0) is 14.3 Å². The summed E-state index contributed by atoms with van der Waals surface area (Å²) in [5.74, 6) is -0.803. The first kappa shape index (κ1) is 21.6. The standard InChI is InChI=1S/C24H27NO5/c1-15-6-8-17(9-7-15)21-20(23(27)24(28)25(21)12-5-13-29-3)22(26)19-11-10-18(30-4)14-16(19)2/h6-11,14,21,26H,5,12-13H2,1-4H3/t21-/m0/s1. The van der Waals surface area contributed by atoms with Crippen molar-refractivity contribution in [3.63, 3.8) is 0 Å². The van der Waals surface area contributed by atoms with Gasteiger partial charge in [0.25, 0.3) is 11.7 Å². The van der Waals surface area contributed by atoms with Gasteiger partial charge in [0.05, 0.1) is 18.7 Å². The Morgan fingerprint density at radius 1 is 1.07 bits per heavy atom. The van der Waals surface area contributed by atoms with Crippen molar-refractivity contribution in [1.82, 2.24) is 4.90 Å². The summed E-state index contributed by atoms with van der Waals surface area (Å²) in [6.45, 7) is 4.63. The van der Waals surface area contributed by atoms with E-state index in [-0.39, 0.29) is 11.3 Å². The third kappa shape index (κ3) is 4.09. The molecule has 0 aromatic heterocycles. The fourth-order valence-electron chi connectivity index (χ4n) is 3.76. The van der Waals surface area contributed by atoms with E-state index < -0.39 is 17.7 Å². The van der Waals surface area contributed by atoms with Crippen LogP contribution in [0, 0.1) is 13.8 Å². The molecule has 2 aromatic carbocycles. The number of Topliss-reactive ketones (excluding diaryl/α,β-unsaturated/α-hetero) is 1. The van der Waals surface area contributed by atoms with Crippen LogP contribution in [0.3, 0.4) is 0 Å². The largest absolute Gasteiger partial charge is 0.507 e. The van der Waals surface area contributed by atoms with Crippen LogP contribution in [0.5, 0.6) is 5.75 Å². The maximum absolute atomic E-state index is 13.0. The SMILES string of the molecule is COCCCN1C(=O)C(=O)C(=C(O)c2ccc(OC)cc2C)[C@@H]1c1ccc(C)cc1. The van der Waals surface area contributed by atoms with Crippen molar-refractivity contribution in [3.8, 4) is 5.75 Å². The summed E-state index contributed by atoms with van der Waals surface area (Å²) in [5, 5.41) is 11.1. The minimum atomic E-state index is -0.675. The van der Waals surface area contributed by atoms with Crippen LogP contribution in [0.15, 0.2) is 48.0 Å². The Kier molecular flexibility index (Phi) is 6.57. The highest BCUT2D eigenvalue weighted by molar-refractivity contribution is 6.46. The Morgan fingerprint density at radius 2 is 1.77 bits per heavy atom. The molecule has 3 rings (SSSR count). The zero-order valence-corrected chi connectivity index (χ0v) is 17.8. The first-order valence-corrected chi connectivity index (χ1v) is 9.88. The van der Waals surface area contributed by atoms with Crippen molar-refractivity contribution in [2.24, 2.45) is 0 Å². The fraction of sp³-hybridized carbons (Fsp3) is 0.333. The van der Waals surface area contributed by atoms with Crippen molar-refractivity contribution in [3.05, 3.63) is 70.3 Å². The van der Waals surface area contributed by atoms with Crippen molar-refractivity contribution in [2.75, 3.05) is 27.4 Å². The van der Waals surface area contributed by atoms with E-state index in [9.17, 15) is 14.7 Å². The topological polar surface area (TPSA) is 76.1 Å². The number of carbonyl (C=O) groups is 2. The van der Waals surface area contributed by atoms with E-state index in [0.717, 1.165) is 16.7 Å². The zero-order chi connectivity index (χ0) is 21.8. The molecular weight excluding hydrogens is 382 g/mol. The fourth-order valence-corrected chi connectivity index (χ4v) is 3.76. The molecule has 2 aromatic rings. The Labute approximate surface area is 176 Å². The summed E-state index contributed by atoms with van der Waals surface area (Å²) in [7, 11) is 3.16. The quantitative estimate of drug-likeness (QED) is 0.326. The number of aryl methyl sites for hydroxylation is 2. The van der Waals surface area contributed by atoms with Gasteiger partial charge in [-0.2, -0.15) is 0 Å². The molecule has 1 aliphatic heterocycles. The highest BCUT2D eigenvalue weighted by Crippen LogP contribution is 2.40. The number of hydrogen-bond acceptors (Lipinski definition) is 5. The molecule has 0 radical (unpaired) electrons. The van der Waals surface area contributed by atoms with Gasteiger partial charge < -0.3 is 19.5 Å². The number of aliphatic hydroxyl groups excluding tert-OH is 1. The van der Waals surface area contributed by atoms with Crippen LogP contribution >= 0.6 is 0 Å². The lowest BCUT2D eigenvalue weighted by Crippen LogP contribution is -2.31. The molecule has 1 atom stereocenters. The van der Waals surface area contributed by atoms with Gasteiger partial charge in [0, 0.05) is 25.8 Å². The highest BCUT2D eigenvalue weighted by atomic mass is 16.5. The molecule has 0 spiro atoms. The minimum Gasteiger partial charge on any atom is -0.507 e. The smallest absolute Gasteiger partial charge is 0.295 e. The molecule has 158 valence electrons. The van der Waals surface area contributed by atoms with E-state index in [0.29, 0.717) is 30.9 Å². The molecule has 0 aliphatic carbocycles. The number of aliphatic hydroxyl groups is 1. The maximum atomic E-state index is 13.0. The Hall–Kier alpha value is -3.12. The lowest BCUT2D eigenvalue weighted by Gasteiger charge is -2.25. The van der Waals surface area contributed by atoms with Crippen molar-refractivity contribution >= 4 is 17.4 Å². The van der Waals surface area contributed by atoms with Gasteiger partial charge in [-0.1, -0.05) is 29.8 Å². The molecular formula is C24H27NO5. The molecule has 1 fully saturated rings. The zero-order valence-electron chi connectivity index (χ0n) is 17.8. The van der Waals surface area contributed by atoms with E-state index in [1.807, 2.05) is 38.1 Å². The summed E-state index contributed by atoms with van der Waals surface area (Å²) < 4.78 is 10.3. The van der Waals surface area contributed by atoms with Gasteiger partial charge in [0.15, 0.2) is 0 Å². The summed E-state index contributed by atoms with van der Waals surface area (Å²) >= 11 is 0. The maximum Gasteiger partial charge on any atom is 0.295 e. The predicted molar refractivity (Wildman–Crippen MR) is 114 cm³/mol. The van der Waals surface area contributed by atoms with Gasteiger partial charge in [-0.3, -0.25) is 9.59 Å². The molecule has 0 unspecified atom stereocenters. The molecule has 0 bridgehead atoms. The number of ketones is 1. The van der Waals surface area contributed by atoms with Crippen LogP contribution in [0.25, 0.3) is 5.76 Å². The number of amides is 1. The number of likely N-dealkylation sites (tertiary alicyclic amines) is 1. The second kappa shape index (κ2) is 9.13. The number of rotatable bonds is 7. The van der Waals surface area contributed by atoms with Crippen LogP contribution in [-0.4, -0.2) is 49.1 Å². The van der Waals surface area contributed by atoms with Crippen molar-refractivity contribution in [1.29, 1.82) is 0 Å². The first-order chi connectivity index (χ1) is 14.4. The van der Waals surface area contributed by atoms with Crippen LogP contribution in [0.1, 0.15) is 34.7 Å². The van der Waals surface area contributed by atoms with E-state index in [1.165, 1.54) is 4.90 Å². The average Bonchev–Trinajstić information content (AvgIpc) is 2.99. The second-order valence-corrected chi connectivity index (χ2v) is 7.43. The van der Waals surface area contributed by atoms with E-state index >= 15 is 0 Å². The van der Waals surface area contributed by atoms with Gasteiger partial charge in [-0.25, -0.2) is 0 Å². The lowest BCUT2D eigenvalue weighted by atomic mass is 9.93. The lowest BCUT2D eigenvalue weighted by molar-refractivity contribution is -0.140. The Bertz CT molecular complexity index is 978. The van der Waals surface area contributed by atoms with Crippen LogP contribution < -0.4 is 4.74 Å². The molecule has 6 nitrogen and oxygen atoms in total. The summed E-state index contributed by atoms with van der Waals surface area (Å²) in [5.41, 5.74) is 3.21. The monoisotopic (exact) mass is 409 g/mol. The minimum absolute atomic E-state index is 0.106. The number of benzene rings is 2. The van der Waals surface area contributed by atoms with E-state index in [2.05, 4.69) is 0 Å². The Morgan fingerprint density at radius 3 is 2.37 bits per heavy atom. The highest BCUT2D eigenvalue weighted by Gasteiger charge is 2.45. The van der Waals surface area contributed by atoms with Gasteiger partial charge in [-0.05, 0) is 49.6 Å². The molecule has 1 amide bonds. The molecule has 1 N–H and O–H groups in total. The van der Waals surface area contributed by atoms with Gasteiger partial charge in [0.2, 0.25) is 0 Å². The number of methoxy groups -OCH3 is 2. The number of nitrogens with zero attached hydrogens (tertiary/aromatic N) is 1. The number of hydrogen-bond donors (Lipinski definition) is 1. The van der Waals surface area contributed by atoms with Crippen molar-refractivity contribution < 1.29 is 24.2 Å². The number of ether oxygens (including phenoxy) is 2. The second-order valence-electron chi connectivity index (χ2n) is 7.43. The molecule has 1 saturated heterocycles. The Balaban J connectivity index is 2.13. The van der Waals surface area contributed by atoms with Gasteiger partial charge in [0.1, 0.15) is 11.5 Å². The molecule has 1 heterocycles. The molecule has 0 saturated carbocycles. The predicted octanol–water partition coefficient (Wildman–Crippen LogP) is 3.77. The van der Waals surface area contributed by atoms with E-state index in [4.69, 9.17) is 9.47 Å². The third-order valence-electron chi connectivity index (χ3n) is 5.37. The summed E-state index contributed by atoms with van der Waals surface area (Å²) in [6.07, 6.45) is 0.591. The van der Waals surface area contributed by atoms with E-state index in [1.54, 1.807) is 32.4 Å². The third-order valence-corrected chi connectivity index (χ3v) is 5.37. The van der Waals surface area contributed by atoms with Crippen LogP contribution in [0.4, 0.5) is 0 Å². The molecule has 30 heavy (non-hydrogen) atoms. The van der Waals surface area contributed by atoms with Crippen LogP contribution in [0.2, 0.25) is 0 Å². The normalized spacial score (nSPS) is 18.1. The number of carbonyl (C=O) groups excluding carboxylic acids is 2. The van der Waals surface area contributed by atoms with Crippen molar-refractivity contribution in [2.45, 2.75) is 26.3 Å². The van der Waals surface area contributed by atoms with Gasteiger partial charge >= 0.3 is 0 Å².